The van der Waals surface area contributed by atoms with Crippen LogP contribution in [0.2, 0.25) is 0 Å². The third-order valence-corrected chi connectivity index (χ3v) is 5.77. The Balaban J connectivity index is 0.000000216. The Kier molecular flexibility index (Phi) is 8.56. The largest absolute Gasteiger partial charge is 1.00 e. The molecule has 0 aliphatic rings. The van der Waals surface area contributed by atoms with Crippen LogP contribution in [0.4, 0.5) is 0 Å². The second-order valence-corrected chi connectivity index (χ2v) is 7.35. The van der Waals surface area contributed by atoms with Crippen molar-refractivity contribution < 1.29 is 57.5 Å². The van der Waals surface area contributed by atoms with E-state index in [0.717, 1.165) is 21.5 Å². The van der Waals surface area contributed by atoms with Gasteiger partial charge >= 0.3 is 37.7 Å². The van der Waals surface area contributed by atoms with Gasteiger partial charge < -0.3 is 10.2 Å². The fourth-order valence-corrected chi connectivity index (χ4v) is 4.28. The minimum atomic E-state index is 0. The van der Waals surface area contributed by atoms with Crippen molar-refractivity contribution >= 4 is 32.5 Å². The van der Waals surface area contributed by atoms with Crippen molar-refractivity contribution in [3.05, 3.63) is 85.1 Å². The number of hydrogen-bond donors (Lipinski definition) is 0. The van der Waals surface area contributed by atoms with Crippen LogP contribution in [-0.2, 0) is 7.05 Å². The van der Waals surface area contributed by atoms with Gasteiger partial charge in [-0.2, -0.15) is 4.57 Å². The number of aryl methyl sites for hydroxylation is 1. The zero-order chi connectivity index (χ0) is 19.5. The molecule has 138 valence electrons. The average Bonchev–Trinajstić information content (AvgIpc) is 3.06. The fourth-order valence-electron chi connectivity index (χ4n) is 3.11. The van der Waals surface area contributed by atoms with Gasteiger partial charge in [0, 0.05) is 23.1 Å². The quantitative estimate of drug-likeness (QED) is 0.226. The summed E-state index contributed by atoms with van der Waals surface area (Å²) in [5.41, 5.74) is 2.61. The first-order valence-electron chi connectivity index (χ1n) is 8.85. The van der Waals surface area contributed by atoms with Crippen LogP contribution in [0, 0.1) is 0 Å². The Morgan fingerprint density at radius 1 is 0.767 bits per heavy atom. The molecule has 0 amide bonds. The summed E-state index contributed by atoms with van der Waals surface area (Å²) in [6.45, 7) is 0. The minimum Gasteiger partial charge on any atom is -0.872 e. The van der Waals surface area contributed by atoms with Crippen molar-refractivity contribution in [3.8, 4) is 22.1 Å². The first kappa shape index (κ1) is 24.0. The van der Waals surface area contributed by atoms with Crippen LogP contribution < -0.4 is 57.5 Å². The number of hydrogen-bond acceptors (Lipinski definition) is 3. The molecule has 0 saturated heterocycles. The van der Waals surface area contributed by atoms with Crippen LogP contribution in [0.1, 0.15) is 0 Å². The van der Waals surface area contributed by atoms with Crippen molar-refractivity contribution in [2.45, 2.75) is 0 Å². The van der Waals surface area contributed by atoms with Gasteiger partial charge in [-0.15, -0.1) is 0 Å². The number of rotatable bonds is 1. The summed E-state index contributed by atoms with van der Waals surface area (Å²) in [7, 11) is 2.00. The number of thiazole rings is 1. The third-order valence-electron chi connectivity index (χ3n) is 4.51. The zero-order valence-corrected chi connectivity index (χ0v) is 18.1. The van der Waals surface area contributed by atoms with E-state index < -0.39 is 0 Å². The first-order chi connectivity index (χ1) is 13.6. The molecular formula is C23H18Li2N2O2S+2. The second-order valence-electron chi connectivity index (χ2n) is 6.32. The van der Waals surface area contributed by atoms with E-state index >= 15 is 0 Å². The van der Waals surface area contributed by atoms with Gasteiger partial charge in [0.25, 0.3) is 5.01 Å². The summed E-state index contributed by atoms with van der Waals surface area (Å²) in [4.78, 5) is 2.91. The number of pyridine rings is 1. The molecule has 2 heterocycles. The molecule has 0 radical (unpaired) electrons. The molecule has 5 rings (SSSR count). The summed E-state index contributed by atoms with van der Waals surface area (Å²) in [6, 6.07) is 24.4. The molecule has 0 bridgehead atoms. The SMILES string of the molecule is C[n+]1c(-c2ccccc2[O-])sc2ccccc21.[Li+].[Li+].[O-]c1cccc2ccc[nH+]c12. The molecule has 4 nitrogen and oxygen atoms in total. The Bertz CT molecular complexity index is 1270. The molecule has 0 fully saturated rings. The normalized spacial score (nSPS) is 9.90. The van der Waals surface area contributed by atoms with Crippen molar-refractivity contribution in [2.24, 2.45) is 7.05 Å². The molecular weight excluding hydrogens is 382 g/mol. The average molecular weight is 400 g/mol. The standard InChI is InChI=1S/C14H11NOS.C9H7NO.2Li/c1-15-11-7-3-5-9-13(11)17-14(15)10-6-2-4-8-12(10)16;11-8-5-1-3-7-4-2-6-10-9(7)8;;/h2-9H,1H3;1-6,11H;;/q;;2*+1. The minimum absolute atomic E-state index is 0. The van der Waals surface area contributed by atoms with E-state index in [-0.39, 0.29) is 49.2 Å². The zero-order valence-electron chi connectivity index (χ0n) is 17.3. The van der Waals surface area contributed by atoms with E-state index in [2.05, 4.69) is 21.7 Å². The number of benzene rings is 3. The smallest absolute Gasteiger partial charge is 0.872 e. The summed E-state index contributed by atoms with van der Waals surface area (Å²) < 4.78 is 3.28. The number of H-pyrrole nitrogens is 1. The van der Waals surface area contributed by atoms with Gasteiger partial charge in [-0.25, -0.2) is 4.98 Å². The van der Waals surface area contributed by atoms with E-state index in [0.29, 0.717) is 5.52 Å². The third kappa shape index (κ3) is 4.90. The van der Waals surface area contributed by atoms with Gasteiger partial charge in [0.1, 0.15) is 11.7 Å². The van der Waals surface area contributed by atoms with Gasteiger partial charge in [0.05, 0.1) is 0 Å². The van der Waals surface area contributed by atoms with Crippen molar-refractivity contribution in [1.29, 1.82) is 0 Å². The number of nitrogens with one attached hydrogen (secondary N) is 1. The van der Waals surface area contributed by atoms with E-state index in [1.165, 1.54) is 4.70 Å². The van der Waals surface area contributed by atoms with Crippen LogP contribution in [-0.4, -0.2) is 0 Å². The molecule has 0 atom stereocenters. The molecule has 2 aromatic heterocycles. The molecule has 0 saturated carbocycles. The predicted octanol–water partition coefficient (Wildman–Crippen LogP) is -2.80. The fraction of sp³-hybridized carbons (Fsp3) is 0.0435. The molecule has 0 aliphatic carbocycles. The summed E-state index contributed by atoms with van der Waals surface area (Å²) in [5.74, 6) is 0.123. The molecule has 30 heavy (non-hydrogen) atoms. The van der Waals surface area contributed by atoms with Crippen LogP contribution in [0.5, 0.6) is 11.5 Å². The van der Waals surface area contributed by atoms with Crippen LogP contribution in [0.15, 0.2) is 85.1 Å². The summed E-state index contributed by atoms with van der Waals surface area (Å²) >= 11 is 1.65. The maximum absolute atomic E-state index is 11.8. The summed E-state index contributed by atoms with van der Waals surface area (Å²) in [5, 5.41) is 25.0. The number of nitrogens with zero attached hydrogens (tertiary/aromatic N) is 1. The summed E-state index contributed by atoms with van der Waals surface area (Å²) in [6.07, 6.45) is 1.75. The van der Waals surface area contributed by atoms with Gasteiger partial charge in [0.15, 0.2) is 6.20 Å². The van der Waals surface area contributed by atoms with Gasteiger partial charge in [-0.1, -0.05) is 59.6 Å². The number of fused-ring (bicyclic) bond motifs is 2. The Labute approximate surface area is 203 Å². The van der Waals surface area contributed by atoms with Crippen LogP contribution in [0.3, 0.4) is 0 Å². The first-order valence-corrected chi connectivity index (χ1v) is 9.67. The molecule has 0 spiro atoms. The Morgan fingerprint density at radius 3 is 2.17 bits per heavy atom. The number of aromatic amines is 1. The van der Waals surface area contributed by atoms with E-state index in [4.69, 9.17) is 0 Å². The molecule has 0 unspecified atom stereocenters. The number of para-hydroxylation sites is 3. The molecule has 5 aromatic rings. The number of aromatic nitrogens is 2. The van der Waals surface area contributed by atoms with E-state index in [1.807, 2.05) is 49.5 Å². The van der Waals surface area contributed by atoms with Gasteiger partial charge in [-0.3, -0.25) is 0 Å². The van der Waals surface area contributed by atoms with Crippen molar-refractivity contribution in [1.82, 2.24) is 0 Å². The van der Waals surface area contributed by atoms with E-state index in [1.54, 1.807) is 41.8 Å². The monoisotopic (exact) mass is 400 g/mol. The van der Waals surface area contributed by atoms with Crippen LogP contribution >= 0.6 is 11.3 Å². The second kappa shape index (κ2) is 10.7. The maximum atomic E-state index is 11.8. The molecule has 0 aliphatic heterocycles. The molecule has 7 heteroatoms. The Hall–Kier alpha value is -2.25. The van der Waals surface area contributed by atoms with Gasteiger partial charge in [-0.05, 0) is 30.0 Å². The Morgan fingerprint density at radius 2 is 1.43 bits per heavy atom. The molecule has 1 N–H and O–H groups in total. The molecule has 3 aromatic carbocycles. The maximum Gasteiger partial charge on any atom is 1.00 e. The topological polar surface area (TPSA) is 64.1 Å². The van der Waals surface area contributed by atoms with Gasteiger partial charge in [0.2, 0.25) is 11.0 Å². The van der Waals surface area contributed by atoms with Crippen LogP contribution in [0.25, 0.3) is 31.7 Å². The van der Waals surface area contributed by atoms with E-state index in [9.17, 15) is 10.2 Å². The van der Waals surface area contributed by atoms with Crippen molar-refractivity contribution in [3.63, 3.8) is 0 Å². The van der Waals surface area contributed by atoms with Crippen molar-refractivity contribution in [2.75, 3.05) is 0 Å². The predicted molar refractivity (Wildman–Crippen MR) is 108 cm³/mol.